The number of nitrogens with one attached hydrogen (secondary N) is 1. The maximum atomic E-state index is 12.3. The molecule has 0 atom stereocenters. The van der Waals surface area contributed by atoms with Crippen LogP contribution in [0.1, 0.15) is 38.1 Å². The molecule has 8 nitrogen and oxygen atoms in total. The van der Waals surface area contributed by atoms with E-state index in [1.54, 1.807) is 12.1 Å². The average molecular weight is 325 g/mol. The summed E-state index contributed by atoms with van der Waals surface area (Å²) in [6.45, 7) is 1.27. The van der Waals surface area contributed by atoms with Crippen molar-refractivity contribution in [3.05, 3.63) is 59.4 Å². The van der Waals surface area contributed by atoms with Crippen LogP contribution < -0.4 is 5.32 Å². The van der Waals surface area contributed by atoms with Gasteiger partial charge in [0.1, 0.15) is 0 Å². The standard InChI is InChI=1S/C16H11N3O5/c1-9(20)18-12-7-4-8-17-13(12)16(23)24-19-14(21)10-5-2-3-6-11(10)15(19)22/h2-8H,1H3,(H,18,20). The topological polar surface area (TPSA) is 106 Å². The van der Waals surface area contributed by atoms with Crippen LogP contribution >= 0.6 is 0 Å². The number of anilines is 1. The SMILES string of the molecule is CC(=O)Nc1cccnc1C(=O)ON1C(=O)c2ccccc2C1=O. The van der Waals surface area contributed by atoms with Gasteiger partial charge in [-0.3, -0.25) is 14.4 Å². The average Bonchev–Trinajstić information content (AvgIpc) is 2.80. The molecule has 3 rings (SSSR count). The van der Waals surface area contributed by atoms with Gasteiger partial charge in [-0.15, -0.1) is 0 Å². The first kappa shape index (κ1) is 15.3. The normalized spacial score (nSPS) is 12.8. The lowest BCUT2D eigenvalue weighted by atomic mass is 10.1. The summed E-state index contributed by atoms with van der Waals surface area (Å²) in [4.78, 5) is 56.5. The Balaban J connectivity index is 1.86. The number of hydroxylamine groups is 2. The largest absolute Gasteiger partial charge is 0.384 e. The zero-order valence-electron chi connectivity index (χ0n) is 12.5. The highest BCUT2D eigenvalue weighted by atomic mass is 16.7. The second kappa shape index (κ2) is 5.92. The van der Waals surface area contributed by atoms with Crippen LogP contribution in [-0.2, 0) is 9.63 Å². The number of benzene rings is 1. The Morgan fingerprint density at radius 3 is 2.25 bits per heavy atom. The number of pyridine rings is 1. The number of carbonyl (C=O) groups is 4. The third-order valence-corrected chi connectivity index (χ3v) is 3.24. The van der Waals surface area contributed by atoms with Gasteiger partial charge in [0.05, 0.1) is 16.8 Å². The Morgan fingerprint density at radius 1 is 1.04 bits per heavy atom. The minimum Gasteiger partial charge on any atom is -0.324 e. The lowest BCUT2D eigenvalue weighted by Gasteiger charge is -2.13. The van der Waals surface area contributed by atoms with Crippen LogP contribution in [0.3, 0.4) is 0 Å². The molecule has 0 fully saturated rings. The van der Waals surface area contributed by atoms with Crippen molar-refractivity contribution in [2.45, 2.75) is 6.92 Å². The maximum absolute atomic E-state index is 12.3. The molecule has 8 heteroatoms. The molecule has 0 spiro atoms. The van der Waals surface area contributed by atoms with Crippen LogP contribution in [0.15, 0.2) is 42.6 Å². The number of carbonyl (C=O) groups excluding carboxylic acids is 4. The molecule has 0 radical (unpaired) electrons. The molecule has 0 aliphatic carbocycles. The van der Waals surface area contributed by atoms with E-state index in [2.05, 4.69) is 10.3 Å². The van der Waals surface area contributed by atoms with E-state index in [4.69, 9.17) is 4.84 Å². The first-order valence-electron chi connectivity index (χ1n) is 6.91. The molecule has 1 aliphatic heterocycles. The van der Waals surface area contributed by atoms with Crippen LogP contribution in [0, 0.1) is 0 Å². The predicted molar refractivity (Wildman–Crippen MR) is 80.9 cm³/mol. The summed E-state index contributed by atoms with van der Waals surface area (Å²) in [5.41, 5.74) is 0.202. The van der Waals surface area contributed by atoms with Crippen LogP contribution in [0.2, 0.25) is 0 Å². The molecule has 2 aromatic rings. The monoisotopic (exact) mass is 325 g/mol. The summed E-state index contributed by atoms with van der Waals surface area (Å²) < 4.78 is 0. The van der Waals surface area contributed by atoms with Crippen LogP contribution in [0.5, 0.6) is 0 Å². The van der Waals surface area contributed by atoms with Crippen molar-refractivity contribution in [1.82, 2.24) is 10.0 Å². The Labute approximate surface area is 136 Å². The highest BCUT2D eigenvalue weighted by molar-refractivity contribution is 6.21. The van der Waals surface area contributed by atoms with Crippen LogP contribution in [0.4, 0.5) is 5.69 Å². The maximum Gasteiger partial charge on any atom is 0.384 e. The molecule has 0 saturated carbocycles. The van der Waals surface area contributed by atoms with Crippen molar-refractivity contribution in [2.24, 2.45) is 0 Å². The van der Waals surface area contributed by atoms with E-state index >= 15 is 0 Å². The lowest BCUT2D eigenvalue weighted by molar-refractivity contribution is -0.114. The fraction of sp³-hybridized carbons (Fsp3) is 0.0625. The van der Waals surface area contributed by atoms with Gasteiger partial charge in [-0.05, 0) is 24.3 Å². The number of amides is 3. The first-order chi connectivity index (χ1) is 11.5. The van der Waals surface area contributed by atoms with E-state index in [1.165, 1.54) is 37.4 Å². The predicted octanol–water partition coefficient (Wildman–Crippen LogP) is 1.41. The third-order valence-electron chi connectivity index (χ3n) is 3.24. The van der Waals surface area contributed by atoms with Gasteiger partial charge in [-0.2, -0.15) is 0 Å². The smallest absolute Gasteiger partial charge is 0.324 e. The second-order valence-electron chi connectivity index (χ2n) is 4.91. The summed E-state index contributed by atoms with van der Waals surface area (Å²) in [7, 11) is 0. The molecular weight excluding hydrogens is 314 g/mol. The summed E-state index contributed by atoms with van der Waals surface area (Å²) >= 11 is 0. The van der Waals surface area contributed by atoms with E-state index in [-0.39, 0.29) is 22.5 Å². The number of nitrogens with zero attached hydrogens (tertiary/aromatic N) is 2. The number of imide groups is 1. The molecular formula is C16H11N3O5. The highest BCUT2D eigenvalue weighted by Gasteiger charge is 2.39. The first-order valence-corrected chi connectivity index (χ1v) is 6.91. The van der Waals surface area contributed by atoms with Gasteiger partial charge in [0.2, 0.25) is 5.91 Å². The zero-order chi connectivity index (χ0) is 17.3. The van der Waals surface area contributed by atoms with Crippen molar-refractivity contribution >= 4 is 29.4 Å². The Hall–Kier alpha value is -3.55. The summed E-state index contributed by atoms with van der Waals surface area (Å²) in [6, 6.07) is 9.10. The highest BCUT2D eigenvalue weighted by Crippen LogP contribution is 2.24. The Bertz CT molecular complexity index is 843. The third kappa shape index (κ3) is 2.60. The molecule has 0 unspecified atom stereocenters. The van der Waals surface area contributed by atoms with Crippen LogP contribution in [0.25, 0.3) is 0 Å². The molecule has 1 aliphatic rings. The molecule has 24 heavy (non-hydrogen) atoms. The Kier molecular flexibility index (Phi) is 3.78. The van der Waals surface area contributed by atoms with Crippen molar-refractivity contribution in [3.63, 3.8) is 0 Å². The fourth-order valence-electron chi connectivity index (χ4n) is 2.23. The minimum absolute atomic E-state index is 0.117. The molecule has 0 bridgehead atoms. The second-order valence-corrected chi connectivity index (χ2v) is 4.91. The van der Waals surface area contributed by atoms with Gasteiger partial charge < -0.3 is 10.2 Å². The lowest BCUT2D eigenvalue weighted by Crippen LogP contribution is -2.33. The van der Waals surface area contributed by atoms with Crippen molar-refractivity contribution in [2.75, 3.05) is 5.32 Å². The minimum atomic E-state index is -1.03. The summed E-state index contributed by atoms with van der Waals surface area (Å²) in [5, 5.41) is 2.82. The number of fused-ring (bicyclic) bond motifs is 1. The van der Waals surface area contributed by atoms with E-state index in [9.17, 15) is 19.2 Å². The Morgan fingerprint density at radius 2 is 1.67 bits per heavy atom. The van der Waals surface area contributed by atoms with Crippen molar-refractivity contribution in [1.29, 1.82) is 0 Å². The van der Waals surface area contributed by atoms with Gasteiger partial charge in [0.25, 0.3) is 11.8 Å². The molecule has 1 aromatic carbocycles. The molecule has 0 saturated heterocycles. The van der Waals surface area contributed by atoms with Gasteiger partial charge in [-0.25, -0.2) is 9.78 Å². The van der Waals surface area contributed by atoms with Gasteiger partial charge in [0, 0.05) is 13.1 Å². The molecule has 2 heterocycles. The zero-order valence-corrected chi connectivity index (χ0v) is 12.5. The van der Waals surface area contributed by atoms with Crippen LogP contribution in [-0.4, -0.2) is 33.7 Å². The van der Waals surface area contributed by atoms with E-state index in [0.717, 1.165) is 0 Å². The summed E-state index contributed by atoms with van der Waals surface area (Å²) in [5.74, 6) is -2.91. The van der Waals surface area contributed by atoms with E-state index < -0.39 is 23.7 Å². The molecule has 120 valence electrons. The van der Waals surface area contributed by atoms with Gasteiger partial charge in [-0.1, -0.05) is 17.2 Å². The number of hydrogen-bond donors (Lipinski definition) is 1. The van der Waals surface area contributed by atoms with E-state index in [0.29, 0.717) is 5.06 Å². The summed E-state index contributed by atoms with van der Waals surface area (Å²) in [6.07, 6.45) is 1.32. The van der Waals surface area contributed by atoms with Crippen molar-refractivity contribution in [3.8, 4) is 0 Å². The number of aromatic nitrogens is 1. The molecule has 3 amide bonds. The van der Waals surface area contributed by atoms with E-state index in [1.807, 2.05) is 0 Å². The number of hydrogen-bond acceptors (Lipinski definition) is 6. The van der Waals surface area contributed by atoms with Crippen molar-refractivity contribution < 1.29 is 24.0 Å². The van der Waals surface area contributed by atoms with Gasteiger partial charge >= 0.3 is 5.97 Å². The molecule has 1 N–H and O–H groups in total. The quantitative estimate of drug-likeness (QED) is 0.855. The molecule has 1 aromatic heterocycles. The van der Waals surface area contributed by atoms with Gasteiger partial charge in [0.15, 0.2) is 5.69 Å². The fourth-order valence-corrected chi connectivity index (χ4v) is 2.23. The number of rotatable bonds is 3.